The van der Waals surface area contributed by atoms with E-state index in [0.717, 1.165) is 58.9 Å². The first-order valence-electron chi connectivity index (χ1n) is 14.7. The van der Waals surface area contributed by atoms with Gasteiger partial charge in [-0.1, -0.05) is 0 Å². The molecule has 0 radical (unpaired) electrons. The van der Waals surface area contributed by atoms with Gasteiger partial charge in [0.05, 0.1) is 0 Å². The number of hydrogen-bond acceptors (Lipinski definition) is 2. The summed E-state index contributed by atoms with van der Waals surface area (Å²) in [5.41, 5.74) is 5.80. The van der Waals surface area contributed by atoms with Crippen molar-refractivity contribution in [2.24, 2.45) is 0 Å². The van der Waals surface area contributed by atoms with Crippen LogP contribution >= 0.6 is 0 Å². The summed E-state index contributed by atoms with van der Waals surface area (Å²) in [6, 6.07) is 13.5. The molecule has 196 valence electrons. The molecule has 0 fully saturated rings. The van der Waals surface area contributed by atoms with Crippen LogP contribution in [0.4, 0.5) is 0 Å². The standard InChI is InChI=1S/2C12H18O.2C4H9.Sn/c2*1-3-6-10-8-5-9-12(13)11(10)7-4-2;2*1-3-4-2;/h2*5,8-9,13H,3-4,6-7H2,1-2H3;2*1,3-4H2,2H3;/q;;;;+2/p-2. The number of unbranched alkanes of at least 4 members (excludes halogenated alkanes) is 2. The van der Waals surface area contributed by atoms with Crippen molar-refractivity contribution in [2.45, 2.75) is 127 Å². The molecule has 0 atom stereocenters. The monoisotopic (exact) mass is 588 g/mol. The summed E-state index contributed by atoms with van der Waals surface area (Å²) in [4.78, 5) is 0. The van der Waals surface area contributed by atoms with Gasteiger partial charge in [-0.15, -0.1) is 0 Å². The average Bonchev–Trinajstić information content (AvgIpc) is 2.86. The zero-order chi connectivity index (χ0) is 25.5. The first kappa shape index (κ1) is 30.1. The molecule has 2 rings (SSSR count). The van der Waals surface area contributed by atoms with E-state index >= 15 is 0 Å². The first-order valence-corrected chi connectivity index (χ1v) is 21.0. The topological polar surface area (TPSA) is 18.5 Å². The van der Waals surface area contributed by atoms with Gasteiger partial charge in [-0.2, -0.15) is 0 Å². The number of benzene rings is 2. The normalized spacial score (nSPS) is 11.6. The molecule has 3 heteroatoms. The molecule has 0 heterocycles. The van der Waals surface area contributed by atoms with Gasteiger partial charge in [-0.05, 0) is 0 Å². The zero-order valence-corrected chi connectivity index (χ0v) is 26.5. The van der Waals surface area contributed by atoms with Gasteiger partial charge >= 0.3 is 223 Å². The van der Waals surface area contributed by atoms with Crippen LogP contribution in [0.25, 0.3) is 0 Å². The molecule has 2 aromatic rings. The molecule has 0 saturated carbocycles. The van der Waals surface area contributed by atoms with E-state index in [1.807, 2.05) is 0 Å². The van der Waals surface area contributed by atoms with Crippen LogP contribution in [0.1, 0.15) is 115 Å². The van der Waals surface area contributed by atoms with Gasteiger partial charge in [0.15, 0.2) is 0 Å². The molecule has 0 aliphatic heterocycles. The van der Waals surface area contributed by atoms with Crippen molar-refractivity contribution in [1.82, 2.24) is 0 Å². The van der Waals surface area contributed by atoms with Crippen LogP contribution in [0.2, 0.25) is 8.87 Å². The van der Waals surface area contributed by atoms with E-state index in [-0.39, 0.29) is 0 Å². The third-order valence-corrected chi connectivity index (χ3v) is 16.7. The van der Waals surface area contributed by atoms with E-state index in [9.17, 15) is 0 Å². The summed E-state index contributed by atoms with van der Waals surface area (Å²) in [5, 5.41) is 0. The van der Waals surface area contributed by atoms with Crippen LogP contribution in [0, 0.1) is 0 Å². The summed E-state index contributed by atoms with van der Waals surface area (Å²) in [5.74, 6) is 2.25. The zero-order valence-electron chi connectivity index (χ0n) is 23.7. The molecule has 2 aromatic carbocycles. The Morgan fingerprint density at radius 2 is 0.914 bits per heavy atom. The quantitative estimate of drug-likeness (QED) is 0.162. The van der Waals surface area contributed by atoms with Crippen LogP contribution in [0.5, 0.6) is 11.5 Å². The SMILES string of the molecule is CCC[CH2][Sn]([CH2]CCC)([O]c1cccc(CCC)c1CCC)[O]c1cccc(CCC)c1CCC. The van der Waals surface area contributed by atoms with Gasteiger partial charge in [-0.25, -0.2) is 0 Å². The van der Waals surface area contributed by atoms with Gasteiger partial charge in [0.1, 0.15) is 0 Å². The van der Waals surface area contributed by atoms with Gasteiger partial charge in [0.25, 0.3) is 0 Å². The van der Waals surface area contributed by atoms with E-state index < -0.39 is 19.2 Å². The molecule has 0 bridgehead atoms. The van der Waals surface area contributed by atoms with Crippen LogP contribution in [-0.2, 0) is 25.7 Å². The molecule has 35 heavy (non-hydrogen) atoms. The molecule has 0 unspecified atom stereocenters. The molecule has 0 saturated heterocycles. The van der Waals surface area contributed by atoms with Gasteiger partial charge in [0, 0.05) is 0 Å². The summed E-state index contributed by atoms with van der Waals surface area (Å²) in [6.45, 7) is 13.7. The van der Waals surface area contributed by atoms with Crippen LogP contribution < -0.4 is 6.15 Å². The molecular formula is C32H52O2Sn. The molecule has 2 nitrogen and oxygen atoms in total. The second-order valence-corrected chi connectivity index (χ2v) is 19.3. The van der Waals surface area contributed by atoms with Crippen molar-refractivity contribution < 1.29 is 6.15 Å². The Labute approximate surface area is 222 Å². The van der Waals surface area contributed by atoms with Crippen LogP contribution in [0.15, 0.2) is 36.4 Å². The molecule has 0 aliphatic rings. The Hall–Kier alpha value is -1.16. The maximum atomic E-state index is 7.30. The van der Waals surface area contributed by atoms with E-state index in [1.165, 1.54) is 60.8 Å². The van der Waals surface area contributed by atoms with Gasteiger partial charge in [0.2, 0.25) is 0 Å². The first-order chi connectivity index (χ1) is 17.1. The average molecular weight is 587 g/mol. The van der Waals surface area contributed by atoms with Crippen LogP contribution in [0.3, 0.4) is 0 Å². The minimum atomic E-state index is -3.50. The van der Waals surface area contributed by atoms with Crippen molar-refractivity contribution >= 4 is 19.2 Å². The van der Waals surface area contributed by atoms with E-state index in [0.29, 0.717) is 0 Å². The Bertz CT molecular complexity index is 789. The predicted octanol–water partition coefficient (Wildman–Crippen LogP) is 10.00. The summed E-state index contributed by atoms with van der Waals surface area (Å²) in [7, 11) is 0. The molecular weight excluding hydrogens is 535 g/mol. The van der Waals surface area contributed by atoms with Crippen molar-refractivity contribution in [3.05, 3.63) is 58.7 Å². The molecule has 0 N–H and O–H groups in total. The number of hydrogen-bond donors (Lipinski definition) is 0. The minimum absolute atomic E-state index is 1.09. The third-order valence-electron chi connectivity index (χ3n) is 6.91. The van der Waals surface area contributed by atoms with Gasteiger partial charge < -0.3 is 0 Å². The molecule has 0 aliphatic carbocycles. The molecule has 0 spiro atoms. The van der Waals surface area contributed by atoms with Crippen molar-refractivity contribution in [2.75, 3.05) is 0 Å². The Balaban J connectivity index is 2.58. The fourth-order valence-corrected chi connectivity index (χ4v) is 15.6. The van der Waals surface area contributed by atoms with Gasteiger partial charge in [-0.3, -0.25) is 0 Å². The van der Waals surface area contributed by atoms with E-state index in [4.69, 9.17) is 6.15 Å². The maximum absolute atomic E-state index is 7.30. The van der Waals surface area contributed by atoms with Crippen LogP contribution in [-0.4, -0.2) is 19.2 Å². The van der Waals surface area contributed by atoms with E-state index in [2.05, 4.69) is 77.9 Å². The molecule has 0 amide bonds. The third kappa shape index (κ3) is 9.02. The Morgan fingerprint density at radius 1 is 0.514 bits per heavy atom. The summed E-state index contributed by atoms with van der Waals surface area (Å²) >= 11 is -3.50. The molecule has 0 aromatic heterocycles. The second kappa shape index (κ2) is 16.6. The summed E-state index contributed by atoms with van der Waals surface area (Å²) < 4.78 is 16.8. The fraction of sp³-hybridized carbons (Fsp3) is 0.625. The van der Waals surface area contributed by atoms with Crippen molar-refractivity contribution in [3.63, 3.8) is 0 Å². The fourth-order valence-electron chi connectivity index (χ4n) is 5.13. The van der Waals surface area contributed by atoms with E-state index in [1.54, 1.807) is 0 Å². The second-order valence-electron chi connectivity index (χ2n) is 10.1. The Morgan fingerprint density at radius 3 is 1.26 bits per heavy atom. The number of rotatable bonds is 18. The predicted molar refractivity (Wildman–Crippen MR) is 155 cm³/mol. The summed E-state index contributed by atoms with van der Waals surface area (Å²) in [6.07, 6.45) is 13.8. The Kier molecular flexibility index (Phi) is 14.2. The van der Waals surface area contributed by atoms with Crippen molar-refractivity contribution in [3.8, 4) is 11.5 Å². The number of aryl methyl sites for hydroxylation is 2. The van der Waals surface area contributed by atoms with Crippen molar-refractivity contribution in [1.29, 1.82) is 0 Å².